The maximum absolute atomic E-state index is 13.5. The fourth-order valence-corrected chi connectivity index (χ4v) is 7.33. The van der Waals surface area contributed by atoms with Gasteiger partial charge in [-0.2, -0.15) is 5.10 Å². The molecule has 200 valence electrons. The van der Waals surface area contributed by atoms with Crippen LogP contribution >= 0.6 is 0 Å². The van der Waals surface area contributed by atoms with Crippen molar-refractivity contribution < 1.29 is 22.0 Å². The van der Waals surface area contributed by atoms with Crippen LogP contribution in [0.5, 0.6) is 0 Å². The Morgan fingerprint density at radius 1 is 1.05 bits per heavy atom. The molecule has 0 atom stereocenters. The molecule has 7 rings (SSSR count). The van der Waals surface area contributed by atoms with Crippen molar-refractivity contribution in [1.82, 2.24) is 19.7 Å². The number of nitrogens with one attached hydrogen (secondary N) is 1. The lowest BCUT2D eigenvalue weighted by Gasteiger charge is -2.35. The number of carbonyl (C=O) groups is 1. The number of sulfone groups is 1. The van der Waals surface area contributed by atoms with Crippen LogP contribution in [0.2, 0.25) is 0 Å². The molecule has 0 aromatic carbocycles. The van der Waals surface area contributed by atoms with Crippen LogP contribution in [0.1, 0.15) is 67.9 Å². The van der Waals surface area contributed by atoms with Crippen LogP contribution in [-0.4, -0.2) is 58.3 Å². The Balaban J connectivity index is 1.18. The Morgan fingerprint density at radius 3 is 2.45 bits per heavy atom. The van der Waals surface area contributed by atoms with Crippen LogP contribution < -0.4 is 10.2 Å². The summed E-state index contributed by atoms with van der Waals surface area (Å²) in [6.07, 6.45) is 8.05. The van der Waals surface area contributed by atoms with Crippen molar-refractivity contribution >= 4 is 38.3 Å². The first-order valence-corrected chi connectivity index (χ1v) is 14.7. The molecule has 4 aliphatic rings. The zero-order valence-electron chi connectivity index (χ0n) is 20.7. The number of anilines is 2. The second kappa shape index (κ2) is 8.17. The fraction of sp³-hybridized carbons (Fsp3) is 0.538. The highest BCUT2D eigenvalue weighted by atomic mass is 32.2. The van der Waals surface area contributed by atoms with Crippen molar-refractivity contribution in [2.75, 3.05) is 23.3 Å². The number of pyridine rings is 2. The third-order valence-corrected chi connectivity index (χ3v) is 10.8. The van der Waals surface area contributed by atoms with Gasteiger partial charge in [0.2, 0.25) is 0 Å². The van der Waals surface area contributed by atoms with E-state index in [1.165, 1.54) is 23.7 Å². The monoisotopic (exact) mass is 542 g/mol. The summed E-state index contributed by atoms with van der Waals surface area (Å²) in [5, 5.41) is 7.34. The summed E-state index contributed by atoms with van der Waals surface area (Å²) in [7, 11) is -3.47. The number of amides is 1. The van der Waals surface area contributed by atoms with Gasteiger partial charge in [-0.3, -0.25) is 4.79 Å². The maximum atomic E-state index is 13.5. The highest BCUT2D eigenvalue weighted by Gasteiger charge is 2.47. The second-order valence-corrected chi connectivity index (χ2v) is 13.6. The number of alkyl halides is 2. The van der Waals surface area contributed by atoms with E-state index in [-0.39, 0.29) is 34.5 Å². The van der Waals surface area contributed by atoms with Crippen molar-refractivity contribution in [3.63, 3.8) is 0 Å². The molecule has 9 nitrogen and oxygen atoms in total. The van der Waals surface area contributed by atoms with Gasteiger partial charge in [0.05, 0.1) is 28.1 Å². The number of hydrogen-bond acceptors (Lipinski definition) is 7. The Hall–Kier alpha value is -3.15. The number of nitrogens with zero attached hydrogens (tertiary/aromatic N) is 5. The number of hydrogen-bond donors (Lipinski definition) is 1. The van der Waals surface area contributed by atoms with Gasteiger partial charge in [-0.05, 0) is 62.1 Å². The summed E-state index contributed by atoms with van der Waals surface area (Å²) in [6, 6.07) is 4.52. The van der Waals surface area contributed by atoms with E-state index < -0.39 is 27.7 Å². The predicted molar refractivity (Wildman–Crippen MR) is 136 cm³/mol. The predicted octanol–water partition coefficient (Wildman–Crippen LogP) is 4.37. The Morgan fingerprint density at radius 2 is 1.79 bits per heavy atom. The number of fused-ring (bicyclic) bond motifs is 1. The van der Waals surface area contributed by atoms with E-state index >= 15 is 0 Å². The van der Waals surface area contributed by atoms with Crippen molar-refractivity contribution in [3.05, 3.63) is 36.3 Å². The molecular formula is C26H28F2N6O3S. The lowest BCUT2D eigenvalue weighted by molar-refractivity contribution is -0.106. The van der Waals surface area contributed by atoms with Crippen molar-refractivity contribution in [1.29, 1.82) is 0 Å². The molecule has 1 saturated heterocycles. The van der Waals surface area contributed by atoms with Crippen LogP contribution in [0, 0.1) is 5.41 Å². The molecule has 3 aromatic heterocycles. The lowest BCUT2D eigenvalue weighted by atomic mass is 9.88. The normalized spacial score (nSPS) is 22.4. The van der Waals surface area contributed by atoms with Crippen molar-refractivity contribution in [3.8, 4) is 0 Å². The van der Waals surface area contributed by atoms with Gasteiger partial charge in [-0.15, -0.1) is 0 Å². The van der Waals surface area contributed by atoms with E-state index in [2.05, 4.69) is 25.3 Å². The molecule has 3 aliphatic carbocycles. The number of aromatic nitrogens is 4. The summed E-state index contributed by atoms with van der Waals surface area (Å²) in [6.45, 7) is 1.48. The molecule has 1 aliphatic heterocycles. The van der Waals surface area contributed by atoms with Gasteiger partial charge in [0.1, 0.15) is 5.82 Å². The molecule has 1 N–H and O–H groups in total. The maximum Gasteiger partial charge on any atom is 0.277 e. The van der Waals surface area contributed by atoms with E-state index in [1.54, 1.807) is 24.4 Å². The van der Waals surface area contributed by atoms with Crippen molar-refractivity contribution in [2.24, 2.45) is 5.41 Å². The summed E-state index contributed by atoms with van der Waals surface area (Å²) in [5.41, 5.74) is 1.49. The zero-order chi connectivity index (χ0) is 26.3. The van der Waals surface area contributed by atoms with Gasteiger partial charge in [-0.25, -0.2) is 31.8 Å². The van der Waals surface area contributed by atoms with E-state index in [4.69, 9.17) is 0 Å². The molecule has 0 radical (unpaired) electrons. The van der Waals surface area contributed by atoms with Crippen LogP contribution in [0.15, 0.2) is 35.5 Å². The molecule has 1 spiro atoms. The number of carbonyl (C=O) groups excluding carboxylic acids is 1. The second-order valence-electron chi connectivity index (χ2n) is 11.3. The quantitative estimate of drug-likeness (QED) is 0.493. The minimum Gasteiger partial charge on any atom is -0.370 e. The molecule has 0 unspecified atom stereocenters. The van der Waals surface area contributed by atoms with Crippen LogP contribution in [-0.2, 0) is 9.84 Å². The molecule has 12 heteroatoms. The molecule has 1 amide bonds. The van der Waals surface area contributed by atoms with Gasteiger partial charge in [0.25, 0.3) is 11.8 Å². The first-order chi connectivity index (χ1) is 18.1. The third-order valence-electron chi connectivity index (χ3n) is 8.57. The average Bonchev–Trinajstić information content (AvgIpc) is 3.81. The van der Waals surface area contributed by atoms with Crippen LogP contribution in [0.4, 0.5) is 20.3 Å². The molecule has 4 fully saturated rings. The minimum absolute atomic E-state index is 0.139. The summed E-state index contributed by atoms with van der Waals surface area (Å²) >= 11 is 0. The molecule has 0 bridgehead atoms. The smallest absolute Gasteiger partial charge is 0.277 e. The number of rotatable bonds is 6. The first-order valence-electron chi connectivity index (χ1n) is 13.2. The van der Waals surface area contributed by atoms with Gasteiger partial charge in [0.15, 0.2) is 21.2 Å². The SMILES string of the molecule is O=C(Nc1ccc2cnn(C3CC(F)(F)C3)c2n1)c1ncc(S(=O)(=O)C2CC2)cc1N1CCC2(CC1)CC2. The molecule has 3 aromatic rings. The standard InChI is InChI=1S/C26H28F2N6O3S/c27-26(28)12-17(13-26)34-23-16(14-30-34)1-4-21(31-23)32-24(35)22-20(33-9-7-25(5-6-25)8-10-33)11-19(15-29-22)38(36,37)18-2-3-18/h1,4,11,14-15,17-18H,2-3,5-10,12-13H2,(H,31,32,35). The van der Waals surface area contributed by atoms with Gasteiger partial charge >= 0.3 is 0 Å². The van der Waals surface area contributed by atoms with E-state index in [9.17, 15) is 22.0 Å². The number of piperidine rings is 1. The minimum atomic E-state index is -3.47. The van der Waals surface area contributed by atoms with Gasteiger partial charge in [0, 0.05) is 37.5 Å². The Kier molecular flexibility index (Phi) is 5.15. The Bertz CT molecular complexity index is 1550. The van der Waals surface area contributed by atoms with Gasteiger partial charge < -0.3 is 10.2 Å². The fourth-order valence-electron chi connectivity index (χ4n) is 5.71. The number of halogens is 2. The first kappa shape index (κ1) is 23.9. The summed E-state index contributed by atoms with van der Waals surface area (Å²) < 4.78 is 54.3. The molecule has 3 saturated carbocycles. The highest BCUT2D eigenvalue weighted by molar-refractivity contribution is 7.92. The molecular weight excluding hydrogens is 514 g/mol. The van der Waals surface area contributed by atoms with Crippen molar-refractivity contribution in [2.45, 2.75) is 73.5 Å². The lowest BCUT2D eigenvalue weighted by Crippen LogP contribution is -2.37. The third kappa shape index (κ3) is 4.13. The van der Waals surface area contributed by atoms with E-state index in [1.807, 2.05) is 0 Å². The van der Waals surface area contributed by atoms with Gasteiger partial charge in [-0.1, -0.05) is 0 Å². The largest absolute Gasteiger partial charge is 0.370 e. The average molecular weight is 543 g/mol. The van der Waals surface area contributed by atoms with Crippen LogP contribution in [0.25, 0.3) is 11.0 Å². The summed E-state index contributed by atoms with van der Waals surface area (Å²) in [4.78, 5) is 24.5. The topological polar surface area (TPSA) is 110 Å². The summed E-state index contributed by atoms with van der Waals surface area (Å²) in [5.74, 6) is -2.95. The van der Waals surface area contributed by atoms with Crippen LogP contribution in [0.3, 0.4) is 0 Å². The van der Waals surface area contributed by atoms with E-state index in [0.717, 1.165) is 25.9 Å². The highest BCUT2D eigenvalue weighted by Crippen LogP contribution is 2.54. The Labute approximate surface area is 218 Å². The molecule has 38 heavy (non-hydrogen) atoms. The van der Waals surface area contributed by atoms with E-state index in [0.29, 0.717) is 35.0 Å². The molecule has 4 heterocycles. The zero-order valence-corrected chi connectivity index (χ0v) is 21.6.